The van der Waals surface area contributed by atoms with E-state index >= 15 is 0 Å². The Morgan fingerprint density at radius 3 is 2.71 bits per heavy atom. The summed E-state index contributed by atoms with van der Waals surface area (Å²) in [6, 6.07) is 2.05. The number of hydrogen-bond donors (Lipinski definition) is 3. The minimum Gasteiger partial charge on any atom is -0.367 e. The zero-order valence-corrected chi connectivity index (χ0v) is 21.1. The molecule has 0 aromatic carbocycles. The fraction of sp³-hybridized carbons (Fsp3) is 0.565. The van der Waals surface area contributed by atoms with Crippen LogP contribution in [0.4, 0.5) is 5.82 Å². The maximum absolute atomic E-state index is 13.6. The van der Waals surface area contributed by atoms with E-state index in [0.717, 1.165) is 36.1 Å². The number of anilines is 1. The van der Waals surface area contributed by atoms with Gasteiger partial charge in [-0.25, -0.2) is 23.4 Å². The number of aromatic nitrogens is 4. The lowest BCUT2D eigenvalue weighted by molar-refractivity contribution is 0.0662. The molecular formula is C23H29N7O3S2. The van der Waals surface area contributed by atoms with Crippen molar-refractivity contribution in [2.24, 2.45) is 11.8 Å². The van der Waals surface area contributed by atoms with Crippen LogP contribution in [0.2, 0.25) is 0 Å². The van der Waals surface area contributed by atoms with Crippen molar-refractivity contribution in [3.63, 3.8) is 0 Å². The van der Waals surface area contributed by atoms with Crippen LogP contribution >= 0.6 is 11.3 Å². The molecule has 186 valence electrons. The summed E-state index contributed by atoms with van der Waals surface area (Å²) >= 11 is -0.449. The van der Waals surface area contributed by atoms with Crippen LogP contribution in [0.25, 0.3) is 16.2 Å². The number of rotatable bonds is 8. The number of likely N-dealkylation sites (tertiary alicyclic amines) is 1. The van der Waals surface area contributed by atoms with E-state index in [1.807, 2.05) is 16.5 Å². The van der Waals surface area contributed by atoms with Crippen molar-refractivity contribution < 1.29 is 13.6 Å². The number of nitrogens with one attached hydrogen (secondary N) is 2. The monoisotopic (exact) mass is 515 g/mol. The Hall–Kier alpha value is -2.41. The summed E-state index contributed by atoms with van der Waals surface area (Å²) in [5, 5.41) is 9.85. The summed E-state index contributed by atoms with van der Waals surface area (Å²) in [7, 11) is 0. The molecule has 12 heteroatoms. The van der Waals surface area contributed by atoms with Crippen molar-refractivity contribution in [1.29, 1.82) is 0 Å². The van der Waals surface area contributed by atoms with Crippen LogP contribution in [0.1, 0.15) is 55.9 Å². The van der Waals surface area contributed by atoms with Gasteiger partial charge in [-0.3, -0.25) is 9.35 Å². The van der Waals surface area contributed by atoms with Gasteiger partial charge in [-0.1, -0.05) is 0 Å². The van der Waals surface area contributed by atoms with Crippen LogP contribution in [0.3, 0.4) is 0 Å². The van der Waals surface area contributed by atoms with E-state index in [1.54, 1.807) is 28.1 Å². The molecule has 1 saturated heterocycles. The lowest BCUT2D eigenvalue weighted by Crippen LogP contribution is -2.47. The molecule has 1 unspecified atom stereocenters. The molecule has 3 aromatic heterocycles. The predicted molar refractivity (Wildman–Crippen MR) is 134 cm³/mol. The molecule has 2 atom stereocenters. The van der Waals surface area contributed by atoms with Gasteiger partial charge in [-0.05, 0) is 57.3 Å². The lowest BCUT2D eigenvalue weighted by Gasteiger charge is -2.36. The molecule has 10 nitrogen and oxygen atoms in total. The molecule has 0 spiro atoms. The maximum atomic E-state index is 13.6. The van der Waals surface area contributed by atoms with Gasteiger partial charge >= 0.3 is 0 Å². The smallest absolute Gasteiger partial charge is 0.272 e. The first kappa shape index (κ1) is 23.0. The van der Waals surface area contributed by atoms with Crippen molar-refractivity contribution in [2.45, 2.75) is 57.0 Å². The largest absolute Gasteiger partial charge is 0.367 e. The summed E-state index contributed by atoms with van der Waals surface area (Å²) in [4.78, 5) is 25.8. The average molecular weight is 516 g/mol. The van der Waals surface area contributed by atoms with Gasteiger partial charge in [0.1, 0.15) is 16.3 Å². The Bertz CT molecular complexity index is 1280. The topological polar surface area (TPSA) is 125 Å². The van der Waals surface area contributed by atoms with E-state index in [4.69, 9.17) is 9.97 Å². The van der Waals surface area contributed by atoms with Crippen LogP contribution in [0.15, 0.2) is 23.8 Å². The van der Waals surface area contributed by atoms with E-state index in [2.05, 4.69) is 22.1 Å². The normalized spacial score (nSPS) is 21.7. The third-order valence-corrected chi connectivity index (χ3v) is 9.13. The maximum Gasteiger partial charge on any atom is 0.272 e. The van der Waals surface area contributed by atoms with Gasteiger partial charge < -0.3 is 10.2 Å². The molecule has 35 heavy (non-hydrogen) atoms. The Morgan fingerprint density at radius 2 is 2.03 bits per heavy atom. The number of piperidine rings is 1. The molecule has 4 heterocycles. The molecule has 3 aliphatic rings. The number of nitrogens with zero attached hydrogens (tertiary/aromatic N) is 5. The van der Waals surface area contributed by atoms with Gasteiger partial charge in [-0.15, -0.1) is 11.3 Å². The molecule has 0 radical (unpaired) electrons. The van der Waals surface area contributed by atoms with E-state index < -0.39 is 11.3 Å². The summed E-state index contributed by atoms with van der Waals surface area (Å²) in [6.07, 6.45) is 9.49. The second-order valence-corrected chi connectivity index (χ2v) is 11.6. The van der Waals surface area contributed by atoms with Crippen molar-refractivity contribution in [3.05, 3.63) is 29.5 Å². The zero-order chi connectivity index (χ0) is 24.2. The first-order valence-electron chi connectivity index (χ1n) is 12.2. The van der Waals surface area contributed by atoms with Crippen LogP contribution in [-0.2, 0) is 11.3 Å². The summed E-state index contributed by atoms with van der Waals surface area (Å²) in [5.41, 5.74) is 0.946. The average Bonchev–Trinajstić information content (AvgIpc) is 3.75. The standard InChI is InChI=1S/C23H29N7O3S2/c1-14(15-2-3-15)25-19-12-18(26-20(27-19)17-13-24-30-10-11-34-22(17)30)21(31)29-8-4-16(5-9-29)23(6-7-23)28-35(32)33/h10-16,28H,2-9H2,1H3,(H,32,33)(H,25,26,27)/t14-/m0/s1. The summed E-state index contributed by atoms with van der Waals surface area (Å²) < 4.78 is 25.2. The van der Waals surface area contributed by atoms with Crippen molar-refractivity contribution in [2.75, 3.05) is 18.4 Å². The molecule has 3 N–H and O–H groups in total. The quantitative estimate of drug-likeness (QED) is 0.394. The van der Waals surface area contributed by atoms with Crippen LogP contribution < -0.4 is 10.0 Å². The Kier molecular flexibility index (Phi) is 5.86. The lowest BCUT2D eigenvalue weighted by atomic mass is 9.88. The molecule has 2 saturated carbocycles. The van der Waals surface area contributed by atoms with Crippen LogP contribution in [-0.4, -0.2) is 63.8 Å². The highest BCUT2D eigenvalue weighted by atomic mass is 32.2. The highest BCUT2D eigenvalue weighted by molar-refractivity contribution is 7.77. The van der Waals surface area contributed by atoms with Crippen LogP contribution in [0.5, 0.6) is 0 Å². The number of fused-ring (bicyclic) bond motifs is 1. The molecule has 1 aliphatic heterocycles. The third kappa shape index (κ3) is 4.59. The number of carbonyl (C=O) groups is 1. The fourth-order valence-corrected chi connectivity index (χ4v) is 6.79. The Balaban J connectivity index is 1.24. The second kappa shape index (κ2) is 8.91. The van der Waals surface area contributed by atoms with E-state index in [0.29, 0.717) is 42.3 Å². The van der Waals surface area contributed by atoms with Crippen LogP contribution in [0, 0.1) is 11.8 Å². The Morgan fingerprint density at radius 1 is 1.26 bits per heavy atom. The highest BCUT2D eigenvalue weighted by Crippen LogP contribution is 2.47. The SMILES string of the molecule is C[C@H](Nc1cc(C(=O)N2CCC(C3(NS(=O)O)CC3)CC2)nc(-c2cnn3ccsc23)n1)C1CC1. The highest BCUT2D eigenvalue weighted by Gasteiger charge is 2.51. The van der Waals surface area contributed by atoms with E-state index in [-0.39, 0.29) is 17.5 Å². The van der Waals surface area contributed by atoms with Crippen molar-refractivity contribution >= 4 is 39.2 Å². The zero-order valence-electron chi connectivity index (χ0n) is 19.5. The minimum atomic E-state index is -2.01. The number of carbonyl (C=O) groups excluding carboxylic acids is 1. The second-order valence-electron chi connectivity index (χ2n) is 10.0. The molecule has 6 rings (SSSR count). The number of hydrogen-bond acceptors (Lipinski definition) is 7. The number of amides is 1. The van der Waals surface area contributed by atoms with Gasteiger partial charge in [0.05, 0.1) is 11.8 Å². The predicted octanol–water partition coefficient (Wildman–Crippen LogP) is 3.17. The fourth-order valence-electron chi connectivity index (χ4n) is 5.28. The molecular weight excluding hydrogens is 486 g/mol. The molecule has 3 aromatic rings. The summed E-state index contributed by atoms with van der Waals surface area (Å²) in [5.74, 6) is 1.99. The van der Waals surface area contributed by atoms with Gasteiger partial charge in [0.15, 0.2) is 5.82 Å². The van der Waals surface area contributed by atoms with E-state index in [9.17, 15) is 13.6 Å². The number of thiazole rings is 1. The van der Waals surface area contributed by atoms with Gasteiger partial charge in [0, 0.05) is 42.3 Å². The molecule has 2 aliphatic carbocycles. The van der Waals surface area contributed by atoms with Gasteiger partial charge in [0.2, 0.25) is 11.3 Å². The van der Waals surface area contributed by atoms with Gasteiger partial charge in [-0.2, -0.15) is 5.10 Å². The van der Waals surface area contributed by atoms with Crippen molar-refractivity contribution in [3.8, 4) is 11.4 Å². The first-order valence-corrected chi connectivity index (χ1v) is 14.2. The molecule has 1 amide bonds. The summed E-state index contributed by atoms with van der Waals surface area (Å²) in [6.45, 7) is 3.37. The van der Waals surface area contributed by atoms with Crippen molar-refractivity contribution in [1.82, 2.24) is 29.2 Å². The van der Waals surface area contributed by atoms with Gasteiger partial charge in [0.25, 0.3) is 5.91 Å². The first-order chi connectivity index (χ1) is 16.9. The molecule has 0 bridgehead atoms. The minimum absolute atomic E-state index is 0.104. The third-order valence-electron chi connectivity index (χ3n) is 7.67. The molecule has 3 fully saturated rings. The Labute approximate surface area is 210 Å². The van der Waals surface area contributed by atoms with E-state index in [1.165, 1.54) is 12.8 Å².